The average molecular weight is 361 g/mol. The molecule has 7 heteroatoms. The molecule has 0 unspecified atom stereocenters. The van der Waals surface area contributed by atoms with E-state index >= 15 is 0 Å². The maximum absolute atomic E-state index is 11.8. The molecule has 1 radical (unpaired) electrons. The normalized spacial score (nSPS) is 15.8. The van der Waals surface area contributed by atoms with E-state index in [0.29, 0.717) is 24.7 Å². The highest BCUT2D eigenvalue weighted by Crippen LogP contribution is 2.23. The van der Waals surface area contributed by atoms with E-state index in [0.717, 1.165) is 17.2 Å². The minimum absolute atomic E-state index is 0.337. The fourth-order valence-corrected chi connectivity index (χ4v) is 2.89. The van der Waals surface area contributed by atoms with Gasteiger partial charge in [-0.05, 0) is 31.2 Å². The molecule has 0 bridgehead atoms. The van der Waals surface area contributed by atoms with Crippen LogP contribution in [0.15, 0.2) is 78.0 Å². The molecule has 1 aromatic carbocycles. The smallest absolute Gasteiger partial charge is 0.339 e. The molecule has 2 aliphatic rings. The molecule has 0 fully saturated rings. The second kappa shape index (κ2) is 7.43. The zero-order valence-corrected chi connectivity index (χ0v) is 14.9. The first-order valence-corrected chi connectivity index (χ1v) is 8.70. The van der Waals surface area contributed by atoms with Crippen LogP contribution in [-0.4, -0.2) is 30.1 Å². The van der Waals surface area contributed by atoms with Crippen LogP contribution < -0.4 is 15.1 Å². The van der Waals surface area contributed by atoms with Crippen LogP contribution in [0.5, 0.6) is 0 Å². The fraction of sp³-hybridized carbons (Fsp3) is 0.150. The number of benzene rings is 1. The van der Waals surface area contributed by atoms with Crippen LogP contribution in [-0.2, 0) is 4.74 Å². The van der Waals surface area contributed by atoms with Gasteiger partial charge < -0.3 is 10.1 Å². The molecule has 2 aliphatic heterocycles. The lowest BCUT2D eigenvalue weighted by molar-refractivity contribution is 0.0526. The zero-order chi connectivity index (χ0) is 18.6. The number of esters is 1. The maximum Gasteiger partial charge on any atom is 0.339 e. The van der Waals surface area contributed by atoms with Gasteiger partial charge in [0, 0.05) is 18.1 Å². The topological polar surface area (TPSA) is 72.7 Å². The lowest BCUT2D eigenvalue weighted by Gasteiger charge is -2.25. The van der Waals surface area contributed by atoms with Crippen molar-refractivity contribution >= 4 is 23.3 Å². The van der Waals surface area contributed by atoms with Gasteiger partial charge in [-0.2, -0.15) is 4.99 Å². The van der Waals surface area contributed by atoms with Gasteiger partial charge in [-0.15, -0.1) is 0 Å². The summed E-state index contributed by atoms with van der Waals surface area (Å²) in [6, 6.07) is 13.6. The number of aliphatic imine (C=N–C) groups is 1. The van der Waals surface area contributed by atoms with Crippen LogP contribution in [0.25, 0.3) is 0 Å². The van der Waals surface area contributed by atoms with E-state index in [9.17, 15) is 4.79 Å². The van der Waals surface area contributed by atoms with Gasteiger partial charge in [-0.25, -0.2) is 9.78 Å². The van der Waals surface area contributed by atoms with Crippen LogP contribution in [0.2, 0.25) is 0 Å². The van der Waals surface area contributed by atoms with Crippen molar-refractivity contribution in [2.45, 2.75) is 6.92 Å². The van der Waals surface area contributed by atoms with E-state index in [4.69, 9.17) is 4.74 Å². The molecule has 0 aliphatic carbocycles. The first kappa shape index (κ1) is 17.0. The van der Waals surface area contributed by atoms with Gasteiger partial charge in [0.1, 0.15) is 11.5 Å². The molecule has 4 rings (SSSR count). The van der Waals surface area contributed by atoms with Crippen LogP contribution in [0.1, 0.15) is 17.3 Å². The Morgan fingerprint density at radius 1 is 1.26 bits per heavy atom. The molecule has 0 spiro atoms. The number of ether oxygens (including phenoxy) is 1. The van der Waals surface area contributed by atoms with Crippen molar-refractivity contribution in [2.24, 2.45) is 4.99 Å². The standard InChI is InChI=1S/C20H19N5O2/c1-2-27-20(26)15-8-9-18(22-12-15)23-17-13-25(16-6-4-3-5-7-16)14-24-11-10-21-19(17)24/h3-13H,2,14H2,1H3,(H,22,23)/q+1. The van der Waals surface area contributed by atoms with Crippen molar-refractivity contribution in [3.63, 3.8) is 0 Å². The van der Waals surface area contributed by atoms with E-state index in [1.54, 1.807) is 25.3 Å². The van der Waals surface area contributed by atoms with E-state index < -0.39 is 0 Å². The van der Waals surface area contributed by atoms with Gasteiger partial charge >= 0.3 is 11.8 Å². The Morgan fingerprint density at radius 2 is 2.11 bits per heavy atom. The number of nitrogens with one attached hydrogen (secondary N) is 1. The summed E-state index contributed by atoms with van der Waals surface area (Å²) in [5.41, 5.74) is 2.33. The zero-order valence-electron chi connectivity index (χ0n) is 14.9. The molecule has 1 aromatic heterocycles. The third-order valence-corrected chi connectivity index (χ3v) is 4.17. The van der Waals surface area contributed by atoms with Gasteiger partial charge in [-0.3, -0.25) is 4.90 Å². The van der Waals surface area contributed by atoms with Crippen LogP contribution in [0.3, 0.4) is 0 Å². The predicted molar refractivity (Wildman–Crippen MR) is 104 cm³/mol. The number of carbonyl (C=O) groups excluding carboxylic acids is 1. The van der Waals surface area contributed by atoms with Crippen LogP contribution in [0.4, 0.5) is 11.5 Å². The largest absolute Gasteiger partial charge is 0.462 e. The average Bonchev–Trinajstić information content (AvgIpc) is 3.18. The molecule has 0 atom stereocenters. The summed E-state index contributed by atoms with van der Waals surface area (Å²) >= 11 is 0. The molecule has 27 heavy (non-hydrogen) atoms. The molecule has 7 nitrogen and oxygen atoms in total. The number of aromatic nitrogens is 1. The quantitative estimate of drug-likeness (QED) is 0.655. The Balaban J connectivity index is 1.57. The van der Waals surface area contributed by atoms with Crippen molar-refractivity contribution in [3.05, 3.63) is 78.5 Å². The van der Waals surface area contributed by atoms with Gasteiger partial charge in [-0.1, -0.05) is 23.1 Å². The number of pyridine rings is 1. The molecule has 0 saturated carbocycles. The van der Waals surface area contributed by atoms with Crippen molar-refractivity contribution in [1.29, 1.82) is 0 Å². The number of hydrogen-bond donors (Lipinski definition) is 1. The van der Waals surface area contributed by atoms with Crippen molar-refractivity contribution in [2.75, 3.05) is 23.5 Å². The summed E-state index contributed by atoms with van der Waals surface area (Å²) in [7, 11) is 0. The fourth-order valence-electron chi connectivity index (χ4n) is 2.89. The third kappa shape index (κ3) is 3.58. The van der Waals surface area contributed by atoms with Gasteiger partial charge in [0.25, 0.3) is 0 Å². The van der Waals surface area contributed by atoms with E-state index in [1.165, 1.54) is 6.20 Å². The molecule has 2 aromatic rings. The maximum atomic E-state index is 11.8. The SMILES string of the molecule is CCOC(=O)c1ccc(NC2=CN(c3ccccc3)C[N+]3C=CN=C23)nc1. The Bertz CT molecular complexity index is 919. The Kier molecular flexibility index (Phi) is 4.67. The minimum atomic E-state index is -0.376. The number of nitrogens with zero attached hydrogens (tertiary/aromatic N) is 4. The number of rotatable bonds is 5. The number of anilines is 2. The summed E-state index contributed by atoms with van der Waals surface area (Å²) < 4.78 is 4.99. The van der Waals surface area contributed by atoms with Crippen LogP contribution in [0, 0.1) is 0 Å². The lowest BCUT2D eigenvalue weighted by Crippen LogP contribution is -2.45. The molecule has 1 N–H and O–H groups in total. The summed E-state index contributed by atoms with van der Waals surface area (Å²) in [5, 5.41) is 3.29. The molecule has 135 valence electrons. The highest BCUT2D eigenvalue weighted by molar-refractivity contribution is 6.05. The number of carbonyl (C=O) groups is 1. The minimum Gasteiger partial charge on any atom is -0.462 e. The van der Waals surface area contributed by atoms with Gasteiger partial charge in [0.2, 0.25) is 6.67 Å². The number of para-hydroxylation sites is 1. The Morgan fingerprint density at radius 3 is 2.85 bits per heavy atom. The summed E-state index contributed by atoms with van der Waals surface area (Å²) in [5.74, 6) is 1.08. The first-order valence-electron chi connectivity index (χ1n) is 8.70. The first-order chi connectivity index (χ1) is 13.2. The molecule has 0 amide bonds. The summed E-state index contributed by atoms with van der Waals surface area (Å²) in [6.45, 7) is 2.79. The number of hydrogen-bond acceptors (Lipinski definition) is 7. The number of fused-ring (bicyclic) bond motifs is 1. The molecular weight excluding hydrogens is 342 g/mol. The highest BCUT2D eigenvalue weighted by atomic mass is 16.5. The van der Waals surface area contributed by atoms with Gasteiger partial charge in [0.05, 0.1) is 18.4 Å². The molecule has 3 heterocycles. The molecular formula is C20H19N5O2+. The van der Waals surface area contributed by atoms with E-state index in [1.807, 2.05) is 30.6 Å². The van der Waals surface area contributed by atoms with Crippen molar-refractivity contribution in [3.8, 4) is 0 Å². The summed E-state index contributed by atoms with van der Waals surface area (Å²) in [6.07, 6.45) is 7.23. The second-order valence-electron chi connectivity index (χ2n) is 5.99. The lowest BCUT2D eigenvalue weighted by atomic mass is 10.2. The molecule has 0 saturated heterocycles. The van der Waals surface area contributed by atoms with E-state index in [-0.39, 0.29) is 5.97 Å². The predicted octanol–water partition coefficient (Wildman–Crippen LogP) is 3.01. The van der Waals surface area contributed by atoms with Gasteiger partial charge in [0.15, 0.2) is 6.20 Å². The van der Waals surface area contributed by atoms with Crippen LogP contribution >= 0.6 is 0 Å². The summed E-state index contributed by atoms with van der Waals surface area (Å²) in [4.78, 5) is 24.7. The third-order valence-electron chi connectivity index (χ3n) is 4.17. The monoisotopic (exact) mass is 361 g/mol. The van der Waals surface area contributed by atoms with Crippen molar-refractivity contribution < 1.29 is 9.53 Å². The Labute approximate surface area is 157 Å². The second-order valence-corrected chi connectivity index (χ2v) is 5.99. The van der Waals surface area contributed by atoms with Crippen molar-refractivity contribution in [1.82, 2.24) is 9.88 Å². The van der Waals surface area contributed by atoms with E-state index in [2.05, 4.69) is 37.2 Å². The number of amidine groups is 1. The Hall–Kier alpha value is -3.45. The highest BCUT2D eigenvalue weighted by Gasteiger charge is 2.36.